The lowest BCUT2D eigenvalue weighted by atomic mass is 10.3. The molecule has 1 rings (SSSR count). The van der Waals surface area contributed by atoms with Gasteiger partial charge >= 0.3 is 0 Å². The number of ether oxygens (including phenoxy) is 1. The summed E-state index contributed by atoms with van der Waals surface area (Å²) in [5.74, 6) is -0.0185. The molecule has 0 fully saturated rings. The van der Waals surface area contributed by atoms with Crippen LogP contribution in [0.4, 0.5) is 0 Å². The molecule has 4 heteroatoms. The predicted octanol–water partition coefficient (Wildman–Crippen LogP) is -1.18. The third-order valence-corrected chi connectivity index (χ3v) is 1.19. The van der Waals surface area contributed by atoms with Crippen LogP contribution in [0.2, 0.25) is 0 Å². The van der Waals surface area contributed by atoms with Gasteiger partial charge in [0, 0.05) is 6.08 Å². The van der Waals surface area contributed by atoms with E-state index in [9.17, 15) is 4.79 Å². The van der Waals surface area contributed by atoms with E-state index in [2.05, 4.69) is 0 Å². The first-order valence-corrected chi connectivity index (χ1v) is 2.90. The maximum absolute atomic E-state index is 10.5. The SMILES string of the molecule is O=C1C=C(C(O)CO)OC1. The van der Waals surface area contributed by atoms with Crippen molar-refractivity contribution >= 4 is 5.78 Å². The van der Waals surface area contributed by atoms with E-state index in [0.29, 0.717) is 0 Å². The summed E-state index contributed by atoms with van der Waals surface area (Å²) < 4.78 is 4.72. The van der Waals surface area contributed by atoms with Gasteiger partial charge in [-0.2, -0.15) is 0 Å². The highest BCUT2D eigenvalue weighted by Crippen LogP contribution is 2.10. The van der Waals surface area contributed by atoms with Crippen LogP contribution in [0.15, 0.2) is 11.8 Å². The minimum absolute atomic E-state index is 0.0214. The largest absolute Gasteiger partial charge is 0.487 e. The average molecular weight is 144 g/mol. The zero-order valence-electron chi connectivity index (χ0n) is 5.28. The molecule has 1 atom stereocenters. The van der Waals surface area contributed by atoms with Gasteiger partial charge in [0.15, 0.2) is 12.4 Å². The second kappa shape index (κ2) is 2.81. The number of aliphatic hydroxyl groups is 2. The molecule has 0 saturated heterocycles. The Hall–Kier alpha value is -0.870. The summed E-state index contributed by atoms with van der Waals surface area (Å²) in [6.45, 7) is -0.439. The van der Waals surface area contributed by atoms with Gasteiger partial charge in [0.2, 0.25) is 0 Å². The summed E-state index contributed by atoms with van der Waals surface area (Å²) in [7, 11) is 0. The fourth-order valence-corrected chi connectivity index (χ4v) is 0.679. The molecule has 10 heavy (non-hydrogen) atoms. The van der Waals surface area contributed by atoms with E-state index in [0.717, 1.165) is 0 Å². The molecule has 0 saturated carbocycles. The molecular formula is C6H8O4. The lowest BCUT2D eigenvalue weighted by Gasteiger charge is -2.06. The van der Waals surface area contributed by atoms with E-state index < -0.39 is 12.7 Å². The van der Waals surface area contributed by atoms with E-state index in [-0.39, 0.29) is 18.1 Å². The third-order valence-electron chi connectivity index (χ3n) is 1.19. The number of ketones is 1. The minimum atomic E-state index is -1.05. The molecule has 0 aromatic heterocycles. The van der Waals surface area contributed by atoms with Crippen molar-refractivity contribution in [1.82, 2.24) is 0 Å². The number of rotatable bonds is 2. The minimum Gasteiger partial charge on any atom is -0.487 e. The first-order chi connectivity index (χ1) is 4.74. The molecule has 0 aromatic rings. The van der Waals surface area contributed by atoms with E-state index in [4.69, 9.17) is 14.9 Å². The van der Waals surface area contributed by atoms with Crippen LogP contribution in [0, 0.1) is 0 Å². The van der Waals surface area contributed by atoms with Gasteiger partial charge in [-0.15, -0.1) is 0 Å². The van der Waals surface area contributed by atoms with Gasteiger partial charge in [0.25, 0.3) is 0 Å². The maximum atomic E-state index is 10.5. The Balaban J connectivity index is 2.57. The zero-order chi connectivity index (χ0) is 7.56. The Kier molecular flexibility index (Phi) is 2.03. The van der Waals surface area contributed by atoms with Crippen LogP contribution >= 0.6 is 0 Å². The van der Waals surface area contributed by atoms with E-state index in [1.54, 1.807) is 0 Å². The monoisotopic (exact) mass is 144 g/mol. The van der Waals surface area contributed by atoms with Gasteiger partial charge in [-0.3, -0.25) is 4.79 Å². The summed E-state index contributed by atoms with van der Waals surface area (Å²) in [6, 6.07) is 0. The molecule has 0 bridgehead atoms. The Labute approximate surface area is 57.7 Å². The molecule has 1 aliphatic rings. The topological polar surface area (TPSA) is 66.8 Å². The summed E-state index contributed by atoms with van der Waals surface area (Å²) in [5.41, 5.74) is 0. The molecule has 0 aliphatic carbocycles. The van der Waals surface area contributed by atoms with Crippen molar-refractivity contribution in [2.45, 2.75) is 6.10 Å². The van der Waals surface area contributed by atoms with Gasteiger partial charge in [0.05, 0.1) is 6.61 Å². The van der Waals surface area contributed by atoms with Crippen molar-refractivity contribution in [3.8, 4) is 0 Å². The Morgan fingerprint density at radius 3 is 2.90 bits per heavy atom. The number of carbonyl (C=O) groups excluding carboxylic acids is 1. The van der Waals surface area contributed by atoms with Crippen LogP contribution in [-0.4, -0.2) is 35.3 Å². The van der Waals surface area contributed by atoms with Crippen molar-refractivity contribution in [2.75, 3.05) is 13.2 Å². The highest BCUT2D eigenvalue weighted by molar-refractivity contribution is 5.93. The maximum Gasteiger partial charge on any atom is 0.196 e. The normalized spacial score (nSPS) is 20.2. The highest BCUT2D eigenvalue weighted by atomic mass is 16.5. The second-order valence-corrected chi connectivity index (χ2v) is 2.00. The number of aliphatic hydroxyl groups excluding tert-OH is 2. The molecule has 1 aliphatic heterocycles. The van der Waals surface area contributed by atoms with Crippen molar-refractivity contribution in [3.63, 3.8) is 0 Å². The van der Waals surface area contributed by atoms with Crippen LogP contribution in [0.1, 0.15) is 0 Å². The highest BCUT2D eigenvalue weighted by Gasteiger charge is 2.19. The van der Waals surface area contributed by atoms with Crippen molar-refractivity contribution < 1.29 is 19.7 Å². The molecule has 0 aromatic carbocycles. The van der Waals surface area contributed by atoms with E-state index in [1.165, 1.54) is 6.08 Å². The lowest BCUT2D eigenvalue weighted by molar-refractivity contribution is -0.115. The molecule has 0 spiro atoms. The summed E-state index contributed by atoms with van der Waals surface area (Å²) in [6.07, 6.45) is 0.146. The molecule has 0 amide bonds. The molecule has 0 radical (unpaired) electrons. The average Bonchev–Trinajstić information content (AvgIpc) is 2.34. The first-order valence-electron chi connectivity index (χ1n) is 2.90. The summed E-state index contributed by atoms with van der Waals surface area (Å²) in [4.78, 5) is 10.5. The Bertz CT molecular complexity index is 173. The smallest absolute Gasteiger partial charge is 0.196 e. The van der Waals surface area contributed by atoms with E-state index >= 15 is 0 Å². The molecule has 1 heterocycles. The molecule has 1 unspecified atom stereocenters. The van der Waals surface area contributed by atoms with E-state index in [1.807, 2.05) is 0 Å². The van der Waals surface area contributed by atoms with Gasteiger partial charge in [-0.25, -0.2) is 0 Å². The number of hydrogen-bond acceptors (Lipinski definition) is 4. The number of carbonyl (C=O) groups is 1. The van der Waals surface area contributed by atoms with Gasteiger partial charge in [-0.1, -0.05) is 0 Å². The van der Waals surface area contributed by atoms with Crippen LogP contribution < -0.4 is 0 Å². The third kappa shape index (κ3) is 1.34. The second-order valence-electron chi connectivity index (χ2n) is 2.00. The van der Waals surface area contributed by atoms with Crippen molar-refractivity contribution in [2.24, 2.45) is 0 Å². The quantitative estimate of drug-likeness (QED) is 0.512. The summed E-state index contributed by atoms with van der Waals surface area (Å²) >= 11 is 0. The lowest BCUT2D eigenvalue weighted by Crippen LogP contribution is -2.15. The molecule has 56 valence electrons. The van der Waals surface area contributed by atoms with Crippen LogP contribution in [-0.2, 0) is 9.53 Å². The zero-order valence-corrected chi connectivity index (χ0v) is 5.28. The van der Waals surface area contributed by atoms with Crippen LogP contribution in [0.3, 0.4) is 0 Å². The Morgan fingerprint density at radius 2 is 2.50 bits per heavy atom. The van der Waals surface area contributed by atoms with Gasteiger partial charge in [-0.05, 0) is 0 Å². The fourth-order valence-electron chi connectivity index (χ4n) is 0.679. The van der Waals surface area contributed by atoms with Crippen LogP contribution in [0.25, 0.3) is 0 Å². The van der Waals surface area contributed by atoms with Gasteiger partial charge < -0.3 is 14.9 Å². The standard InChI is InChI=1S/C6H8O4/c7-2-5(9)6-1-4(8)3-10-6/h1,5,7,9H,2-3H2. The molecule has 4 nitrogen and oxygen atoms in total. The predicted molar refractivity (Wildman–Crippen MR) is 32.1 cm³/mol. The van der Waals surface area contributed by atoms with Gasteiger partial charge in [0.1, 0.15) is 11.9 Å². The number of hydrogen-bond donors (Lipinski definition) is 2. The fraction of sp³-hybridized carbons (Fsp3) is 0.500. The summed E-state index contributed by atoms with van der Waals surface area (Å²) in [5, 5.41) is 17.3. The molecule has 2 N–H and O–H groups in total. The van der Waals surface area contributed by atoms with Crippen LogP contribution in [0.5, 0.6) is 0 Å². The van der Waals surface area contributed by atoms with Crippen molar-refractivity contribution in [1.29, 1.82) is 0 Å². The first kappa shape index (κ1) is 7.24. The Morgan fingerprint density at radius 1 is 1.80 bits per heavy atom. The van der Waals surface area contributed by atoms with Crippen molar-refractivity contribution in [3.05, 3.63) is 11.8 Å². The molecular weight excluding hydrogens is 136 g/mol.